The molecule has 0 atom stereocenters. The van der Waals surface area contributed by atoms with E-state index in [2.05, 4.69) is 0 Å². The zero-order valence-electron chi connectivity index (χ0n) is 11.0. The van der Waals surface area contributed by atoms with Crippen LogP contribution in [0.25, 0.3) is 0 Å². The van der Waals surface area contributed by atoms with Crippen molar-refractivity contribution in [2.45, 2.75) is 6.42 Å². The van der Waals surface area contributed by atoms with Gasteiger partial charge in [0.05, 0.1) is 19.3 Å². The SMILES string of the molecule is COc1cccc2c1N(C)C(=O)CCN2C(=O)CN. The van der Waals surface area contributed by atoms with Crippen LogP contribution < -0.4 is 20.3 Å². The molecule has 1 aliphatic heterocycles. The second-order valence-electron chi connectivity index (χ2n) is 4.28. The molecule has 1 aromatic rings. The number of carbonyl (C=O) groups excluding carboxylic acids is 2. The Bertz CT molecular complexity index is 516. The number of nitrogens with two attached hydrogens (primary N) is 1. The van der Waals surface area contributed by atoms with E-state index in [4.69, 9.17) is 10.5 Å². The summed E-state index contributed by atoms with van der Waals surface area (Å²) in [6.07, 6.45) is 0.264. The van der Waals surface area contributed by atoms with E-state index in [1.165, 1.54) is 12.0 Å². The van der Waals surface area contributed by atoms with Crippen LogP contribution in [0, 0.1) is 0 Å². The van der Waals surface area contributed by atoms with Gasteiger partial charge in [-0.2, -0.15) is 0 Å². The molecular formula is C13H17N3O3. The molecule has 1 aliphatic rings. The van der Waals surface area contributed by atoms with Crippen molar-refractivity contribution in [3.05, 3.63) is 18.2 Å². The Morgan fingerprint density at radius 1 is 1.47 bits per heavy atom. The summed E-state index contributed by atoms with van der Waals surface area (Å²) in [6, 6.07) is 5.34. The molecule has 0 saturated heterocycles. The first-order valence-electron chi connectivity index (χ1n) is 6.04. The molecule has 0 aromatic heterocycles. The summed E-state index contributed by atoms with van der Waals surface area (Å²) in [5.41, 5.74) is 6.69. The maximum atomic E-state index is 12.0. The van der Waals surface area contributed by atoms with Gasteiger partial charge in [0, 0.05) is 20.0 Å². The lowest BCUT2D eigenvalue weighted by Crippen LogP contribution is -2.36. The maximum absolute atomic E-state index is 12.0. The van der Waals surface area contributed by atoms with Crippen molar-refractivity contribution in [2.24, 2.45) is 5.73 Å². The molecule has 6 nitrogen and oxygen atoms in total. The van der Waals surface area contributed by atoms with E-state index >= 15 is 0 Å². The molecule has 2 rings (SSSR count). The summed E-state index contributed by atoms with van der Waals surface area (Å²) < 4.78 is 5.29. The topological polar surface area (TPSA) is 75.9 Å². The monoisotopic (exact) mass is 263 g/mol. The molecule has 0 fully saturated rings. The van der Waals surface area contributed by atoms with E-state index < -0.39 is 0 Å². The quantitative estimate of drug-likeness (QED) is 0.835. The largest absolute Gasteiger partial charge is 0.494 e. The lowest BCUT2D eigenvalue weighted by Gasteiger charge is -2.24. The van der Waals surface area contributed by atoms with Crippen LogP contribution >= 0.6 is 0 Å². The predicted molar refractivity (Wildman–Crippen MR) is 72.4 cm³/mol. The molecule has 19 heavy (non-hydrogen) atoms. The van der Waals surface area contributed by atoms with Gasteiger partial charge < -0.3 is 20.3 Å². The Morgan fingerprint density at radius 2 is 2.21 bits per heavy atom. The van der Waals surface area contributed by atoms with Crippen molar-refractivity contribution < 1.29 is 14.3 Å². The van der Waals surface area contributed by atoms with Crippen molar-refractivity contribution in [3.63, 3.8) is 0 Å². The number of anilines is 2. The molecule has 2 N–H and O–H groups in total. The maximum Gasteiger partial charge on any atom is 0.240 e. The lowest BCUT2D eigenvalue weighted by atomic mass is 10.2. The third kappa shape index (κ3) is 2.26. The number of rotatable bonds is 2. The van der Waals surface area contributed by atoms with E-state index in [0.29, 0.717) is 23.7 Å². The first-order valence-corrected chi connectivity index (χ1v) is 6.04. The Morgan fingerprint density at radius 3 is 2.84 bits per heavy atom. The molecule has 0 radical (unpaired) electrons. The van der Waals surface area contributed by atoms with E-state index in [9.17, 15) is 9.59 Å². The van der Waals surface area contributed by atoms with Gasteiger partial charge in [0.15, 0.2) is 0 Å². The molecule has 0 spiro atoms. The average Bonchev–Trinajstić information content (AvgIpc) is 2.56. The van der Waals surface area contributed by atoms with Gasteiger partial charge in [-0.15, -0.1) is 0 Å². The summed E-state index contributed by atoms with van der Waals surface area (Å²) in [7, 11) is 3.22. The van der Waals surface area contributed by atoms with Gasteiger partial charge in [-0.25, -0.2) is 0 Å². The molecule has 0 bridgehead atoms. The third-order valence-corrected chi connectivity index (χ3v) is 3.22. The van der Waals surface area contributed by atoms with Crippen LogP contribution in [0.3, 0.4) is 0 Å². The van der Waals surface area contributed by atoms with Crippen molar-refractivity contribution in [3.8, 4) is 5.75 Å². The first kappa shape index (κ1) is 13.4. The number of methoxy groups -OCH3 is 1. The van der Waals surface area contributed by atoms with Gasteiger partial charge in [-0.1, -0.05) is 6.07 Å². The molecule has 0 saturated carbocycles. The summed E-state index contributed by atoms with van der Waals surface area (Å²) in [5, 5.41) is 0. The van der Waals surface area contributed by atoms with Crippen LogP contribution in [-0.2, 0) is 9.59 Å². The lowest BCUT2D eigenvalue weighted by molar-refractivity contribution is -0.118. The highest BCUT2D eigenvalue weighted by atomic mass is 16.5. The van der Waals surface area contributed by atoms with Crippen LogP contribution in [0.5, 0.6) is 5.75 Å². The summed E-state index contributed by atoms with van der Waals surface area (Å²) in [5.74, 6) is 0.292. The summed E-state index contributed by atoms with van der Waals surface area (Å²) >= 11 is 0. The van der Waals surface area contributed by atoms with Gasteiger partial charge in [0.25, 0.3) is 0 Å². The number of nitrogens with zero attached hydrogens (tertiary/aromatic N) is 2. The number of hydrogen-bond acceptors (Lipinski definition) is 4. The number of para-hydroxylation sites is 1. The molecule has 6 heteroatoms. The Hall–Kier alpha value is -2.08. The predicted octanol–water partition coefficient (Wildman–Crippen LogP) is 0.353. The van der Waals surface area contributed by atoms with E-state index in [1.54, 1.807) is 30.1 Å². The molecule has 0 aliphatic carbocycles. The molecule has 2 amide bonds. The summed E-state index contributed by atoms with van der Waals surface area (Å²) in [6.45, 7) is 0.244. The highest BCUT2D eigenvalue weighted by Gasteiger charge is 2.29. The zero-order valence-corrected chi connectivity index (χ0v) is 11.0. The fourth-order valence-corrected chi connectivity index (χ4v) is 2.22. The van der Waals surface area contributed by atoms with Crippen molar-refractivity contribution >= 4 is 23.2 Å². The van der Waals surface area contributed by atoms with Gasteiger partial charge in [0.1, 0.15) is 11.4 Å². The smallest absolute Gasteiger partial charge is 0.240 e. The fourth-order valence-electron chi connectivity index (χ4n) is 2.22. The second kappa shape index (κ2) is 5.27. The minimum atomic E-state index is -0.211. The van der Waals surface area contributed by atoms with Crippen LogP contribution in [0.4, 0.5) is 11.4 Å². The standard InChI is InChI=1S/C13H17N3O3/c1-15-11(17)6-7-16(12(18)8-14)9-4-3-5-10(19-2)13(9)15/h3-5H,6-8,14H2,1-2H3. The highest BCUT2D eigenvalue weighted by Crippen LogP contribution is 2.39. The zero-order chi connectivity index (χ0) is 14.0. The number of amides is 2. The van der Waals surface area contributed by atoms with Gasteiger partial charge >= 0.3 is 0 Å². The molecule has 102 valence electrons. The minimum absolute atomic E-state index is 0.0573. The van der Waals surface area contributed by atoms with E-state index in [1.807, 2.05) is 0 Å². The number of carbonyl (C=O) groups is 2. The molecular weight excluding hydrogens is 246 g/mol. The summed E-state index contributed by atoms with van der Waals surface area (Å²) in [4.78, 5) is 27.0. The van der Waals surface area contributed by atoms with Crippen molar-refractivity contribution in [1.29, 1.82) is 0 Å². The fraction of sp³-hybridized carbons (Fsp3) is 0.385. The van der Waals surface area contributed by atoms with Gasteiger partial charge in [-0.05, 0) is 12.1 Å². The second-order valence-corrected chi connectivity index (χ2v) is 4.28. The molecule has 0 unspecified atom stereocenters. The van der Waals surface area contributed by atoms with Crippen molar-refractivity contribution in [1.82, 2.24) is 0 Å². The van der Waals surface area contributed by atoms with Crippen LogP contribution in [0.15, 0.2) is 18.2 Å². The number of fused-ring (bicyclic) bond motifs is 1. The van der Waals surface area contributed by atoms with Crippen LogP contribution in [-0.4, -0.2) is 39.1 Å². The van der Waals surface area contributed by atoms with E-state index in [-0.39, 0.29) is 24.8 Å². The van der Waals surface area contributed by atoms with Gasteiger partial charge in [-0.3, -0.25) is 9.59 Å². The first-order chi connectivity index (χ1) is 9.10. The number of hydrogen-bond donors (Lipinski definition) is 1. The Kier molecular flexibility index (Phi) is 3.71. The average molecular weight is 263 g/mol. The normalized spacial score (nSPS) is 15.0. The molecule has 1 aromatic carbocycles. The Balaban J connectivity index is 2.60. The van der Waals surface area contributed by atoms with Crippen LogP contribution in [0.2, 0.25) is 0 Å². The minimum Gasteiger partial charge on any atom is -0.494 e. The molecule has 1 heterocycles. The highest BCUT2D eigenvalue weighted by molar-refractivity contribution is 6.06. The number of ether oxygens (including phenoxy) is 1. The number of benzene rings is 1. The van der Waals surface area contributed by atoms with Gasteiger partial charge in [0.2, 0.25) is 11.8 Å². The van der Waals surface area contributed by atoms with Crippen molar-refractivity contribution in [2.75, 3.05) is 37.0 Å². The van der Waals surface area contributed by atoms with Crippen LogP contribution in [0.1, 0.15) is 6.42 Å². The third-order valence-electron chi connectivity index (χ3n) is 3.22. The van der Waals surface area contributed by atoms with E-state index in [0.717, 1.165) is 0 Å². The Labute approximate surface area is 111 Å².